The number of carbonyl (C=O) groups is 2. The Labute approximate surface area is 226 Å². The van der Waals surface area contributed by atoms with Gasteiger partial charge in [0.15, 0.2) is 0 Å². The Bertz CT molecular complexity index is 1260. The fourth-order valence-corrected chi connectivity index (χ4v) is 5.91. The summed E-state index contributed by atoms with van der Waals surface area (Å²) in [5.41, 5.74) is 3.17. The zero-order chi connectivity index (χ0) is 25.9. The summed E-state index contributed by atoms with van der Waals surface area (Å²) in [5.74, 6) is -0.351. The van der Waals surface area contributed by atoms with E-state index in [9.17, 15) is 14.0 Å². The number of benzene rings is 3. The van der Waals surface area contributed by atoms with Crippen molar-refractivity contribution in [3.8, 4) is 11.1 Å². The molecule has 0 unspecified atom stereocenters. The third-order valence-electron chi connectivity index (χ3n) is 7.34. The molecule has 3 aromatic rings. The summed E-state index contributed by atoms with van der Waals surface area (Å²) in [4.78, 5) is 29.7. The third kappa shape index (κ3) is 5.76. The number of rotatable bonds is 5. The van der Waals surface area contributed by atoms with Gasteiger partial charge in [-0.3, -0.25) is 4.79 Å². The van der Waals surface area contributed by atoms with Crippen molar-refractivity contribution in [2.75, 3.05) is 25.0 Å². The lowest BCUT2D eigenvalue weighted by atomic mass is 9.95. The number of para-hydroxylation sites is 1. The number of halogens is 3. The summed E-state index contributed by atoms with van der Waals surface area (Å²) in [6.45, 7) is 1.92. The minimum Gasteiger partial charge on any atom is -0.339 e. The van der Waals surface area contributed by atoms with Crippen molar-refractivity contribution >= 4 is 40.8 Å². The van der Waals surface area contributed by atoms with Crippen LogP contribution in [0.5, 0.6) is 0 Å². The molecule has 2 heterocycles. The topological polar surface area (TPSA) is 52.7 Å². The Balaban J connectivity index is 1.18. The van der Waals surface area contributed by atoms with E-state index < -0.39 is 0 Å². The number of piperidine rings is 1. The van der Waals surface area contributed by atoms with Gasteiger partial charge in [0, 0.05) is 47.3 Å². The molecule has 5 rings (SSSR count). The predicted octanol–water partition coefficient (Wildman–Crippen LogP) is 6.89. The molecule has 37 heavy (non-hydrogen) atoms. The molecule has 0 saturated carbocycles. The number of nitrogens with one attached hydrogen (secondary N) is 1. The van der Waals surface area contributed by atoms with Gasteiger partial charge in [0.1, 0.15) is 5.82 Å². The van der Waals surface area contributed by atoms with E-state index in [1.54, 1.807) is 12.1 Å². The quantitative estimate of drug-likeness (QED) is 0.383. The average molecular weight is 540 g/mol. The smallest absolute Gasteiger partial charge is 0.321 e. The molecular formula is C29H28Cl2FN3O2. The van der Waals surface area contributed by atoms with Gasteiger partial charge in [-0.25, -0.2) is 9.18 Å². The molecule has 3 aromatic carbocycles. The van der Waals surface area contributed by atoms with Crippen LogP contribution in [0.3, 0.4) is 0 Å². The zero-order valence-corrected chi connectivity index (χ0v) is 21.8. The normalized spacial score (nSPS) is 18.4. The van der Waals surface area contributed by atoms with E-state index in [1.807, 2.05) is 52.3 Å². The van der Waals surface area contributed by atoms with Crippen molar-refractivity contribution in [1.82, 2.24) is 9.80 Å². The Morgan fingerprint density at radius 2 is 1.54 bits per heavy atom. The maximum atomic E-state index is 13.3. The van der Waals surface area contributed by atoms with E-state index in [4.69, 9.17) is 23.2 Å². The van der Waals surface area contributed by atoms with E-state index in [1.165, 1.54) is 12.1 Å². The Morgan fingerprint density at radius 1 is 0.892 bits per heavy atom. The van der Waals surface area contributed by atoms with Crippen LogP contribution in [0, 0.1) is 11.7 Å². The first-order chi connectivity index (χ1) is 17.9. The summed E-state index contributed by atoms with van der Waals surface area (Å²) in [7, 11) is 0. The molecule has 0 spiro atoms. The van der Waals surface area contributed by atoms with Gasteiger partial charge in [-0.2, -0.15) is 0 Å². The van der Waals surface area contributed by atoms with Gasteiger partial charge in [0.25, 0.3) is 0 Å². The standard InChI is InChI=1S/C29H28Cl2FN3O2/c30-26-17-21(19-6-8-22(32)9-7-19)18-27(31)25(26)16-20-10-15-35(28(20)36)24-11-13-34(14-12-24)29(37)33-23-4-2-1-3-5-23/h1-9,17-18,20,24H,10-16H2,(H,33,37)/t20-/m0/s1. The molecule has 192 valence electrons. The first-order valence-electron chi connectivity index (χ1n) is 12.5. The molecule has 2 aliphatic rings. The van der Waals surface area contributed by atoms with E-state index in [-0.39, 0.29) is 29.7 Å². The van der Waals surface area contributed by atoms with Crippen LogP contribution in [0.15, 0.2) is 66.7 Å². The minimum absolute atomic E-state index is 0.108. The molecule has 5 nitrogen and oxygen atoms in total. The average Bonchev–Trinajstić information content (AvgIpc) is 3.27. The Hall–Kier alpha value is -3.09. The molecular weight excluding hydrogens is 512 g/mol. The molecule has 0 aliphatic carbocycles. The number of anilines is 1. The van der Waals surface area contributed by atoms with Crippen LogP contribution in [0.25, 0.3) is 11.1 Å². The molecule has 1 atom stereocenters. The van der Waals surface area contributed by atoms with Gasteiger partial charge in [0.2, 0.25) is 5.91 Å². The van der Waals surface area contributed by atoms with E-state index in [0.717, 1.165) is 41.6 Å². The van der Waals surface area contributed by atoms with Crippen LogP contribution in [0.4, 0.5) is 14.9 Å². The van der Waals surface area contributed by atoms with Gasteiger partial charge >= 0.3 is 6.03 Å². The van der Waals surface area contributed by atoms with Crippen LogP contribution < -0.4 is 5.32 Å². The Morgan fingerprint density at radius 3 is 2.19 bits per heavy atom. The van der Waals surface area contributed by atoms with Crippen molar-refractivity contribution < 1.29 is 14.0 Å². The molecule has 2 aliphatic heterocycles. The van der Waals surface area contributed by atoms with E-state index >= 15 is 0 Å². The minimum atomic E-state index is -0.303. The maximum absolute atomic E-state index is 13.3. The zero-order valence-electron chi connectivity index (χ0n) is 20.3. The van der Waals surface area contributed by atoms with Crippen LogP contribution in [0.2, 0.25) is 10.0 Å². The number of nitrogens with zero attached hydrogens (tertiary/aromatic N) is 2. The number of likely N-dealkylation sites (tertiary alicyclic amines) is 2. The summed E-state index contributed by atoms with van der Waals surface area (Å²) in [5, 5.41) is 3.95. The first-order valence-corrected chi connectivity index (χ1v) is 13.3. The van der Waals surface area contributed by atoms with Crippen LogP contribution in [-0.4, -0.2) is 47.4 Å². The second-order valence-electron chi connectivity index (χ2n) is 9.66. The van der Waals surface area contributed by atoms with Gasteiger partial charge in [0.05, 0.1) is 0 Å². The van der Waals surface area contributed by atoms with Crippen LogP contribution in [-0.2, 0) is 11.2 Å². The second-order valence-corrected chi connectivity index (χ2v) is 10.5. The number of urea groups is 1. The summed E-state index contributed by atoms with van der Waals surface area (Å²) in [6.07, 6.45) is 2.75. The van der Waals surface area contributed by atoms with Crippen molar-refractivity contribution in [2.45, 2.75) is 31.7 Å². The van der Waals surface area contributed by atoms with Gasteiger partial charge in [-0.15, -0.1) is 0 Å². The molecule has 2 saturated heterocycles. The van der Waals surface area contributed by atoms with Crippen molar-refractivity contribution in [3.63, 3.8) is 0 Å². The summed E-state index contributed by atoms with van der Waals surface area (Å²) >= 11 is 13.2. The fourth-order valence-electron chi connectivity index (χ4n) is 5.27. The van der Waals surface area contributed by atoms with Gasteiger partial charge in [-0.05, 0) is 78.8 Å². The predicted molar refractivity (Wildman–Crippen MR) is 145 cm³/mol. The number of carbonyl (C=O) groups excluding carboxylic acids is 2. The highest BCUT2D eigenvalue weighted by atomic mass is 35.5. The monoisotopic (exact) mass is 539 g/mol. The molecule has 0 radical (unpaired) electrons. The first kappa shape index (κ1) is 25.6. The maximum Gasteiger partial charge on any atom is 0.321 e. The van der Waals surface area contributed by atoms with Gasteiger partial charge in [-0.1, -0.05) is 53.5 Å². The van der Waals surface area contributed by atoms with Crippen molar-refractivity contribution in [3.05, 3.63) is 88.2 Å². The molecule has 0 bridgehead atoms. The lowest BCUT2D eigenvalue weighted by Gasteiger charge is -2.36. The molecule has 8 heteroatoms. The SMILES string of the molecule is O=C(Nc1ccccc1)N1CCC(N2CC[C@@H](Cc3c(Cl)cc(-c4ccc(F)cc4)cc3Cl)C2=O)CC1. The highest BCUT2D eigenvalue weighted by Gasteiger charge is 2.38. The largest absolute Gasteiger partial charge is 0.339 e. The van der Waals surface area contributed by atoms with Crippen LogP contribution >= 0.6 is 23.2 Å². The second kappa shape index (κ2) is 11.1. The Kier molecular flexibility index (Phi) is 7.68. The number of hydrogen-bond acceptors (Lipinski definition) is 2. The van der Waals surface area contributed by atoms with Crippen molar-refractivity contribution in [1.29, 1.82) is 0 Å². The van der Waals surface area contributed by atoms with Crippen molar-refractivity contribution in [2.24, 2.45) is 5.92 Å². The lowest BCUT2D eigenvalue weighted by molar-refractivity contribution is -0.133. The van der Waals surface area contributed by atoms with E-state index in [2.05, 4.69) is 5.32 Å². The van der Waals surface area contributed by atoms with E-state index in [0.29, 0.717) is 36.1 Å². The highest BCUT2D eigenvalue weighted by molar-refractivity contribution is 6.36. The third-order valence-corrected chi connectivity index (χ3v) is 8.01. The molecule has 0 aromatic heterocycles. The fraction of sp³-hybridized carbons (Fsp3) is 0.310. The summed E-state index contributed by atoms with van der Waals surface area (Å²) in [6, 6.07) is 19.2. The highest BCUT2D eigenvalue weighted by Crippen LogP contribution is 2.36. The lowest BCUT2D eigenvalue weighted by Crippen LogP contribution is -2.48. The molecule has 2 fully saturated rings. The van der Waals surface area contributed by atoms with Gasteiger partial charge < -0.3 is 15.1 Å². The van der Waals surface area contributed by atoms with Crippen LogP contribution in [0.1, 0.15) is 24.8 Å². The number of amides is 3. The summed E-state index contributed by atoms with van der Waals surface area (Å²) < 4.78 is 13.3. The molecule has 1 N–H and O–H groups in total. The number of hydrogen-bond donors (Lipinski definition) is 1. The molecule has 3 amide bonds.